The van der Waals surface area contributed by atoms with E-state index in [0.29, 0.717) is 31.3 Å². The second-order valence-electron chi connectivity index (χ2n) is 5.78. The van der Waals surface area contributed by atoms with Gasteiger partial charge in [0.2, 0.25) is 0 Å². The number of aromatic nitrogens is 1. The molecule has 0 amide bonds. The molecule has 25 heavy (non-hydrogen) atoms. The van der Waals surface area contributed by atoms with Gasteiger partial charge in [-0.15, -0.1) is 24.0 Å². The molecule has 0 bridgehead atoms. The summed E-state index contributed by atoms with van der Waals surface area (Å²) in [7, 11) is 1.60. The maximum Gasteiger partial charge on any atom is 0.391 e. The van der Waals surface area contributed by atoms with E-state index in [1.54, 1.807) is 31.6 Å². The third kappa shape index (κ3) is 7.66. The van der Waals surface area contributed by atoms with Crippen LogP contribution in [-0.4, -0.2) is 43.4 Å². The van der Waals surface area contributed by atoms with E-state index in [4.69, 9.17) is 4.74 Å². The van der Waals surface area contributed by atoms with Gasteiger partial charge in [0.15, 0.2) is 5.96 Å². The van der Waals surface area contributed by atoms with Gasteiger partial charge in [-0.1, -0.05) is 6.42 Å². The fourth-order valence-corrected chi connectivity index (χ4v) is 2.78. The highest BCUT2D eigenvalue weighted by molar-refractivity contribution is 14.0. The molecule has 1 aromatic heterocycles. The number of nitrogens with zero attached hydrogens (tertiary/aromatic N) is 2. The summed E-state index contributed by atoms with van der Waals surface area (Å²) < 4.78 is 44.0. The normalized spacial score (nSPS) is 21.2. The summed E-state index contributed by atoms with van der Waals surface area (Å²) >= 11 is 0. The molecule has 2 atom stereocenters. The molecule has 2 rings (SSSR count). The van der Waals surface area contributed by atoms with Crippen molar-refractivity contribution in [2.24, 2.45) is 10.9 Å². The summed E-state index contributed by atoms with van der Waals surface area (Å²) in [5.41, 5.74) is 0. The number of guanidine groups is 1. The van der Waals surface area contributed by atoms with E-state index < -0.39 is 12.1 Å². The standard InChI is InChI=1S/C16H23F3N4O.HI/c1-20-15(22-8-9-24-14-6-3-7-21-11-14)23-13-5-2-4-12(10-13)16(17,18)19;/h3,6-7,11-13H,2,4-5,8-10H2,1H3,(H2,20,22,23);1H. The minimum atomic E-state index is -4.12. The van der Waals surface area contributed by atoms with Crippen molar-refractivity contribution >= 4 is 29.9 Å². The highest BCUT2D eigenvalue weighted by Crippen LogP contribution is 2.37. The van der Waals surface area contributed by atoms with Gasteiger partial charge in [0.25, 0.3) is 0 Å². The molecule has 0 spiro atoms. The molecule has 1 aliphatic rings. The van der Waals surface area contributed by atoms with Crippen LogP contribution in [0, 0.1) is 5.92 Å². The van der Waals surface area contributed by atoms with E-state index >= 15 is 0 Å². The van der Waals surface area contributed by atoms with Crippen molar-refractivity contribution in [3.63, 3.8) is 0 Å². The van der Waals surface area contributed by atoms with Gasteiger partial charge in [0.05, 0.1) is 18.7 Å². The SMILES string of the molecule is CN=C(NCCOc1cccnc1)NC1CCCC(C(F)(F)F)C1.I. The Hall–Kier alpha value is -1.26. The van der Waals surface area contributed by atoms with Crippen molar-refractivity contribution in [3.8, 4) is 5.75 Å². The fraction of sp³-hybridized carbons (Fsp3) is 0.625. The molecule has 2 N–H and O–H groups in total. The lowest BCUT2D eigenvalue weighted by atomic mass is 9.85. The molecule has 0 aliphatic heterocycles. The van der Waals surface area contributed by atoms with E-state index in [9.17, 15) is 13.2 Å². The summed E-state index contributed by atoms with van der Waals surface area (Å²) in [6, 6.07) is 3.37. The number of rotatable bonds is 5. The molecule has 1 fully saturated rings. The zero-order valence-corrected chi connectivity index (χ0v) is 16.4. The van der Waals surface area contributed by atoms with Crippen LogP contribution in [0.1, 0.15) is 25.7 Å². The molecule has 0 radical (unpaired) electrons. The quantitative estimate of drug-likeness (QED) is 0.299. The molecular weight excluding hydrogens is 448 g/mol. The number of hydrogen-bond acceptors (Lipinski definition) is 3. The predicted octanol–water partition coefficient (Wildman–Crippen LogP) is 3.36. The van der Waals surface area contributed by atoms with Crippen LogP contribution in [-0.2, 0) is 0 Å². The van der Waals surface area contributed by atoms with Gasteiger partial charge in [-0.3, -0.25) is 9.98 Å². The van der Waals surface area contributed by atoms with Gasteiger partial charge in [0.1, 0.15) is 12.4 Å². The smallest absolute Gasteiger partial charge is 0.391 e. The zero-order valence-electron chi connectivity index (χ0n) is 14.1. The molecule has 1 aliphatic carbocycles. The summed E-state index contributed by atoms with van der Waals surface area (Å²) in [5, 5.41) is 6.13. The maximum absolute atomic E-state index is 12.8. The summed E-state index contributed by atoms with van der Waals surface area (Å²) in [4.78, 5) is 8.00. The van der Waals surface area contributed by atoms with Crippen molar-refractivity contribution in [2.45, 2.75) is 37.9 Å². The molecule has 0 saturated heterocycles. The summed E-state index contributed by atoms with van der Waals surface area (Å²) in [6.45, 7) is 0.895. The molecule has 0 aromatic carbocycles. The first-order chi connectivity index (χ1) is 11.5. The first-order valence-corrected chi connectivity index (χ1v) is 8.05. The second kappa shape index (κ2) is 10.7. The summed E-state index contributed by atoms with van der Waals surface area (Å²) in [6.07, 6.45) is 0.766. The van der Waals surface area contributed by atoms with Crippen molar-refractivity contribution in [2.75, 3.05) is 20.2 Å². The Bertz CT molecular complexity index is 528. The largest absolute Gasteiger partial charge is 0.490 e. The van der Waals surface area contributed by atoms with Crippen LogP contribution in [0.3, 0.4) is 0 Å². The minimum Gasteiger partial charge on any atom is -0.490 e. The van der Waals surface area contributed by atoms with Crippen LogP contribution in [0.25, 0.3) is 0 Å². The predicted molar refractivity (Wildman–Crippen MR) is 101 cm³/mol. The molecule has 142 valence electrons. The van der Waals surface area contributed by atoms with E-state index in [2.05, 4.69) is 20.6 Å². The van der Waals surface area contributed by atoms with Crippen LogP contribution in [0.4, 0.5) is 13.2 Å². The Morgan fingerprint density at radius 1 is 1.40 bits per heavy atom. The summed E-state index contributed by atoms with van der Waals surface area (Å²) in [5.74, 6) is -0.0593. The number of hydrogen-bond donors (Lipinski definition) is 2. The Morgan fingerprint density at radius 3 is 2.84 bits per heavy atom. The van der Waals surface area contributed by atoms with E-state index in [0.717, 1.165) is 6.42 Å². The monoisotopic (exact) mass is 472 g/mol. The second-order valence-corrected chi connectivity index (χ2v) is 5.78. The number of ether oxygens (including phenoxy) is 1. The van der Waals surface area contributed by atoms with Crippen LogP contribution >= 0.6 is 24.0 Å². The number of halogens is 4. The van der Waals surface area contributed by atoms with Crippen molar-refractivity contribution < 1.29 is 17.9 Å². The van der Waals surface area contributed by atoms with Gasteiger partial charge < -0.3 is 15.4 Å². The van der Waals surface area contributed by atoms with Crippen molar-refractivity contribution in [3.05, 3.63) is 24.5 Å². The minimum absolute atomic E-state index is 0. The Labute approximate surface area is 162 Å². The Morgan fingerprint density at radius 2 is 2.20 bits per heavy atom. The number of nitrogens with one attached hydrogen (secondary N) is 2. The lowest BCUT2D eigenvalue weighted by Crippen LogP contribution is -2.47. The lowest BCUT2D eigenvalue weighted by molar-refractivity contribution is -0.183. The Balaban J connectivity index is 0.00000312. The first kappa shape index (κ1) is 21.8. The fourth-order valence-electron chi connectivity index (χ4n) is 2.78. The molecule has 1 saturated carbocycles. The van der Waals surface area contributed by atoms with Crippen LogP contribution in [0.15, 0.2) is 29.5 Å². The van der Waals surface area contributed by atoms with Crippen molar-refractivity contribution in [1.29, 1.82) is 0 Å². The van der Waals surface area contributed by atoms with E-state index in [-0.39, 0.29) is 42.9 Å². The maximum atomic E-state index is 12.8. The van der Waals surface area contributed by atoms with Gasteiger partial charge in [0, 0.05) is 19.3 Å². The average Bonchev–Trinajstić information content (AvgIpc) is 2.58. The highest BCUT2D eigenvalue weighted by Gasteiger charge is 2.42. The third-order valence-corrected chi connectivity index (χ3v) is 4.00. The molecule has 2 unspecified atom stereocenters. The van der Waals surface area contributed by atoms with Crippen LogP contribution < -0.4 is 15.4 Å². The Kier molecular flexibility index (Phi) is 9.30. The van der Waals surface area contributed by atoms with Gasteiger partial charge in [-0.05, 0) is 31.4 Å². The van der Waals surface area contributed by atoms with Crippen LogP contribution in [0.2, 0.25) is 0 Å². The molecule has 5 nitrogen and oxygen atoms in total. The number of pyridine rings is 1. The molecule has 1 heterocycles. The third-order valence-electron chi connectivity index (χ3n) is 4.00. The van der Waals surface area contributed by atoms with Crippen molar-refractivity contribution in [1.82, 2.24) is 15.6 Å². The zero-order chi connectivity index (χ0) is 17.4. The number of aliphatic imine (C=N–C) groups is 1. The lowest BCUT2D eigenvalue weighted by Gasteiger charge is -2.31. The van der Waals surface area contributed by atoms with E-state index in [1.807, 2.05) is 0 Å². The van der Waals surface area contributed by atoms with Gasteiger partial charge in [-0.2, -0.15) is 13.2 Å². The molecule has 1 aromatic rings. The van der Waals surface area contributed by atoms with E-state index in [1.165, 1.54) is 0 Å². The van der Waals surface area contributed by atoms with Crippen LogP contribution in [0.5, 0.6) is 5.75 Å². The molecular formula is C16H24F3IN4O. The van der Waals surface area contributed by atoms with Gasteiger partial charge >= 0.3 is 6.18 Å². The highest BCUT2D eigenvalue weighted by atomic mass is 127. The first-order valence-electron chi connectivity index (χ1n) is 8.05. The number of alkyl halides is 3. The average molecular weight is 472 g/mol. The van der Waals surface area contributed by atoms with Gasteiger partial charge in [-0.25, -0.2) is 0 Å². The topological polar surface area (TPSA) is 58.5 Å². The molecule has 9 heteroatoms.